The first-order chi connectivity index (χ1) is 16.5. The molecule has 0 saturated carbocycles. The minimum Gasteiger partial charge on any atom is -0.507 e. The van der Waals surface area contributed by atoms with Crippen molar-refractivity contribution in [3.63, 3.8) is 0 Å². The van der Waals surface area contributed by atoms with Crippen molar-refractivity contribution in [2.75, 3.05) is 12.0 Å². The van der Waals surface area contributed by atoms with Gasteiger partial charge in [-0.15, -0.1) is 0 Å². The summed E-state index contributed by atoms with van der Waals surface area (Å²) in [6.45, 7) is 1.82. The number of aliphatic hydroxyl groups excluding tert-OH is 1. The molecule has 0 aromatic heterocycles. The number of carbonyl (C=O) groups is 2. The van der Waals surface area contributed by atoms with Crippen molar-refractivity contribution in [3.8, 4) is 5.75 Å². The summed E-state index contributed by atoms with van der Waals surface area (Å²) in [6, 6.07) is 14.2. The van der Waals surface area contributed by atoms with Gasteiger partial charge in [-0.25, -0.2) is 0 Å². The van der Waals surface area contributed by atoms with Gasteiger partial charge in [-0.2, -0.15) is 13.2 Å². The van der Waals surface area contributed by atoms with Gasteiger partial charge in [-0.3, -0.25) is 14.5 Å². The van der Waals surface area contributed by atoms with E-state index in [0.29, 0.717) is 11.3 Å². The van der Waals surface area contributed by atoms with Gasteiger partial charge in [0.15, 0.2) is 0 Å². The predicted molar refractivity (Wildman–Crippen MR) is 125 cm³/mol. The molecule has 1 heterocycles. The second-order valence-corrected chi connectivity index (χ2v) is 8.38. The van der Waals surface area contributed by atoms with Crippen molar-refractivity contribution < 1.29 is 32.6 Å². The molecule has 0 bridgehead atoms. The van der Waals surface area contributed by atoms with Crippen molar-refractivity contribution in [2.24, 2.45) is 0 Å². The first kappa shape index (κ1) is 24.3. The fraction of sp³-hybridized carbons (Fsp3) is 0.154. The van der Waals surface area contributed by atoms with Gasteiger partial charge in [0.2, 0.25) is 0 Å². The number of anilines is 1. The number of hydrogen-bond donors (Lipinski definition) is 1. The summed E-state index contributed by atoms with van der Waals surface area (Å²) in [5, 5.41) is 11.3. The quantitative estimate of drug-likeness (QED) is 0.259. The number of amides is 1. The molecule has 1 saturated heterocycles. The van der Waals surface area contributed by atoms with E-state index in [4.69, 9.17) is 16.3 Å². The molecule has 1 N–H and O–H groups in total. The van der Waals surface area contributed by atoms with Gasteiger partial charge in [-0.05, 0) is 55.0 Å². The van der Waals surface area contributed by atoms with Gasteiger partial charge in [0.05, 0.1) is 29.3 Å². The molecule has 1 unspecified atom stereocenters. The molecule has 4 rings (SSSR count). The summed E-state index contributed by atoms with van der Waals surface area (Å²) in [7, 11) is 1.42. The van der Waals surface area contributed by atoms with Gasteiger partial charge < -0.3 is 9.84 Å². The Bertz CT molecular complexity index is 1350. The fourth-order valence-electron chi connectivity index (χ4n) is 4.03. The summed E-state index contributed by atoms with van der Waals surface area (Å²) in [5.74, 6) is -2.06. The van der Waals surface area contributed by atoms with Crippen LogP contribution in [0.15, 0.2) is 72.3 Å². The Morgan fingerprint density at radius 2 is 1.71 bits per heavy atom. The molecule has 0 spiro atoms. The molecule has 3 aromatic rings. The summed E-state index contributed by atoms with van der Waals surface area (Å²) >= 11 is 6.18. The maximum atomic E-state index is 13.2. The minimum absolute atomic E-state index is 0.0819. The molecular formula is C26H19ClF3NO4. The van der Waals surface area contributed by atoms with Crippen LogP contribution in [0.4, 0.5) is 18.9 Å². The molecule has 1 amide bonds. The molecule has 9 heteroatoms. The molecular weight excluding hydrogens is 483 g/mol. The fourth-order valence-corrected chi connectivity index (χ4v) is 4.29. The third kappa shape index (κ3) is 4.49. The van der Waals surface area contributed by atoms with Crippen LogP contribution in [0.3, 0.4) is 0 Å². The average Bonchev–Trinajstić information content (AvgIpc) is 3.08. The Morgan fingerprint density at radius 3 is 2.29 bits per heavy atom. The summed E-state index contributed by atoms with van der Waals surface area (Å²) < 4.78 is 44.3. The highest BCUT2D eigenvalue weighted by Gasteiger charge is 2.47. The van der Waals surface area contributed by atoms with E-state index in [2.05, 4.69) is 0 Å². The van der Waals surface area contributed by atoms with Crippen LogP contribution in [0.1, 0.15) is 28.3 Å². The summed E-state index contributed by atoms with van der Waals surface area (Å²) in [6.07, 6.45) is -4.56. The number of carbonyl (C=O) groups excluding carboxylic acids is 2. The number of ketones is 1. The Kier molecular flexibility index (Phi) is 6.34. The summed E-state index contributed by atoms with van der Waals surface area (Å²) in [5.41, 5.74) is 0.495. The van der Waals surface area contributed by atoms with Gasteiger partial charge in [-0.1, -0.05) is 41.4 Å². The van der Waals surface area contributed by atoms with E-state index in [0.717, 1.165) is 34.7 Å². The number of aryl methyl sites for hydroxylation is 1. The van der Waals surface area contributed by atoms with Gasteiger partial charge in [0, 0.05) is 11.3 Å². The Morgan fingerprint density at radius 1 is 1.03 bits per heavy atom. The lowest BCUT2D eigenvalue weighted by Crippen LogP contribution is -2.29. The van der Waals surface area contributed by atoms with Crippen LogP contribution in [0.25, 0.3) is 5.76 Å². The van der Waals surface area contributed by atoms with E-state index in [1.54, 1.807) is 18.2 Å². The average molecular weight is 502 g/mol. The number of ether oxygens (including phenoxy) is 1. The highest BCUT2D eigenvalue weighted by molar-refractivity contribution is 6.51. The topological polar surface area (TPSA) is 66.8 Å². The van der Waals surface area contributed by atoms with E-state index in [1.165, 1.54) is 25.3 Å². The number of alkyl halides is 3. The Labute approximate surface area is 204 Å². The monoisotopic (exact) mass is 501 g/mol. The standard InChI is InChI=1S/C26H19ClF3NO4/c1-14-4-3-5-15(12-14)22-21(23(32)16-6-11-20(35-2)19(27)13-16)24(33)25(34)31(22)18-9-7-17(8-10-18)26(28,29)30/h3-13,22,32H,1-2H3/b23-21-. The number of nitrogens with zero attached hydrogens (tertiary/aromatic N) is 1. The van der Waals surface area contributed by atoms with Crippen molar-refractivity contribution >= 4 is 34.7 Å². The van der Waals surface area contributed by atoms with Crippen LogP contribution >= 0.6 is 11.6 Å². The molecule has 3 aromatic carbocycles. The van der Waals surface area contributed by atoms with Crippen LogP contribution in [-0.2, 0) is 15.8 Å². The van der Waals surface area contributed by atoms with Crippen LogP contribution in [0.2, 0.25) is 5.02 Å². The van der Waals surface area contributed by atoms with E-state index in [-0.39, 0.29) is 21.8 Å². The predicted octanol–water partition coefficient (Wildman–Crippen LogP) is 6.30. The van der Waals surface area contributed by atoms with E-state index < -0.39 is 35.2 Å². The van der Waals surface area contributed by atoms with E-state index in [9.17, 15) is 27.9 Å². The first-order valence-electron chi connectivity index (χ1n) is 10.4. The number of rotatable bonds is 4. The lowest BCUT2D eigenvalue weighted by Gasteiger charge is -2.26. The number of benzene rings is 3. The van der Waals surface area contributed by atoms with Crippen molar-refractivity contribution in [2.45, 2.75) is 19.1 Å². The molecule has 180 valence electrons. The number of methoxy groups -OCH3 is 1. The van der Waals surface area contributed by atoms with E-state index in [1.807, 2.05) is 13.0 Å². The summed E-state index contributed by atoms with van der Waals surface area (Å²) in [4.78, 5) is 27.4. The van der Waals surface area contributed by atoms with Crippen LogP contribution in [-0.4, -0.2) is 23.9 Å². The van der Waals surface area contributed by atoms with Crippen LogP contribution < -0.4 is 9.64 Å². The molecule has 1 atom stereocenters. The second-order valence-electron chi connectivity index (χ2n) is 7.98. The molecule has 35 heavy (non-hydrogen) atoms. The SMILES string of the molecule is COc1ccc(/C(O)=C2/C(=O)C(=O)N(c3ccc(C(F)(F)F)cc3)C2c2cccc(C)c2)cc1Cl. The molecule has 0 radical (unpaired) electrons. The van der Waals surface area contributed by atoms with Crippen LogP contribution in [0, 0.1) is 6.92 Å². The van der Waals surface area contributed by atoms with Gasteiger partial charge >= 0.3 is 6.18 Å². The lowest BCUT2D eigenvalue weighted by atomic mass is 9.94. The molecule has 1 fully saturated rings. The molecule has 5 nitrogen and oxygen atoms in total. The third-order valence-corrected chi connectivity index (χ3v) is 6.00. The molecule has 1 aliphatic heterocycles. The highest BCUT2D eigenvalue weighted by Crippen LogP contribution is 2.43. The maximum absolute atomic E-state index is 13.2. The van der Waals surface area contributed by atoms with Crippen LogP contribution in [0.5, 0.6) is 5.75 Å². The minimum atomic E-state index is -4.56. The van der Waals surface area contributed by atoms with Gasteiger partial charge in [0.25, 0.3) is 11.7 Å². The second kappa shape index (κ2) is 9.11. The molecule has 1 aliphatic rings. The maximum Gasteiger partial charge on any atom is 0.416 e. The number of Topliss-reactive ketones (excluding diaryl/α,β-unsaturated/α-hetero) is 1. The Balaban J connectivity index is 1.91. The number of aliphatic hydroxyl groups is 1. The zero-order chi connectivity index (χ0) is 25.5. The smallest absolute Gasteiger partial charge is 0.416 e. The van der Waals surface area contributed by atoms with Crippen molar-refractivity contribution in [1.82, 2.24) is 0 Å². The lowest BCUT2D eigenvalue weighted by molar-refractivity contribution is -0.137. The van der Waals surface area contributed by atoms with E-state index >= 15 is 0 Å². The Hall–Kier alpha value is -3.78. The zero-order valence-electron chi connectivity index (χ0n) is 18.6. The first-order valence-corrected chi connectivity index (χ1v) is 10.8. The highest BCUT2D eigenvalue weighted by atomic mass is 35.5. The number of halogens is 4. The molecule has 0 aliphatic carbocycles. The normalized spacial score (nSPS) is 17.7. The van der Waals surface area contributed by atoms with Crippen molar-refractivity contribution in [3.05, 3.63) is 99.6 Å². The van der Waals surface area contributed by atoms with Gasteiger partial charge in [0.1, 0.15) is 11.5 Å². The zero-order valence-corrected chi connectivity index (χ0v) is 19.3. The largest absolute Gasteiger partial charge is 0.507 e. The van der Waals surface area contributed by atoms with Crippen molar-refractivity contribution in [1.29, 1.82) is 0 Å². The third-order valence-electron chi connectivity index (χ3n) is 5.70. The number of hydrogen-bond acceptors (Lipinski definition) is 4.